The number of H-pyrrole nitrogens is 1. The van der Waals surface area contributed by atoms with Crippen LogP contribution in [0.15, 0.2) is 120 Å². The molecule has 0 spiro atoms. The Balaban J connectivity index is 0.897. The van der Waals surface area contributed by atoms with Crippen molar-refractivity contribution in [2.45, 2.75) is 50.2 Å². The molecule has 0 unspecified atom stereocenters. The molecule has 6 N–H and O–H groups in total. The Bertz CT molecular complexity index is 1980. The minimum Gasteiger partial charge on any atom is -0.487 e. The maximum absolute atomic E-state index is 13.3. The SMILES string of the molecule is NC(=O)C(c1ccccc1)(c1ccccc1)[C@@H]1CCN(CCC(=O)NCCCCCNC[C@@H](O)c2ccc(OCc3ccccc3)c3[nH]c(=O)ccc23)C1. The largest absolute Gasteiger partial charge is 0.487 e. The molecule has 2 atom stereocenters. The molecule has 1 aliphatic rings. The lowest BCUT2D eigenvalue weighted by molar-refractivity contribution is -0.124. The predicted molar refractivity (Wildman–Crippen MR) is 212 cm³/mol. The van der Waals surface area contributed by atoms with Crippen LogP contribution >= 0.6 is 0 Å². The fourth-order valence-corrected chi connectivity index (χ4v) is 7.79. The summed E-state index contributed by atoms with van der Waals surface area (Å²) >= 11 is 0. The van der Waals surface area contributed by atoms with E-state index in [9.17, 15) is 19.5 Å². The minimum absolute atomic E-state index is 0.00669. The van der Waals surface area contributed by atoms with Gasteiger partial charge in [0, 0.05) is 44.1 Å². The Hall–Kier alpha value is -5.29. The summed E-state index contributed by atoms with van der Waals surface area (Å²) in [7, 11) is 0. The van der Waals surface area contributed by atoms with E-state index >= 15 is 0 Å². The van der Waals surface area contributed by atoms with Crippen LogP contribution in [0.5, 0.6) is 5.75 Å². The van der Waals surface area contributed by atoms with Crippen molar-refractivity contribution < 1.29 is 19.4 Å². The van der Waals surface area contributed by atoms with Gasteiger partial charge in [0.2, 0.25) is 17.4 Å². The van der Waals surface area contributed by atoms with Gasteiger partial charge in [-0.1, -0.05) is 103 Å². The Kier molecular flexibility index (Phi) is 13.3. The molecule has 10 heteroatoms. The summed E-state index contributed by atoms with van der Waals surface area (Å²) in [6.45, 7) is 4.19. The molecule has 2 amide bonds. The average molecular weight is 730 g/mol. The highest BCUT2D eigenvalue weighted by Crippen LogP contribution is 2.43. The topological polar surface area (TPSA) is 150 Å². The van der Waals surface area contributed by atoms with Crippen molar-refractivity contribution in [3.63, 3.8) is 0 Å². The Labute approximate surface area is 316 Å². The van der Waals surface area contributed by atoms with Crippen molar-refractivity contribution in [3.8, 4) is 5.75 Å². The van der Waals surface area contributed by atoms with Crippen LogP contribution in [-0.2, 0) is 21.6 Å². The standard InChI is InChI=1S/C44H51N5O5/c45-43(53)44(33-15-7-2-8-16-33,34-17-9-3-10-18-34)35-23-27-49(30-35)28-24-40(51)47-26-12-4-11-25-46-29-38(50)36-19-21-39(42-37(36)20-22-41(52)48-42)54-31-32-13-5-1-6-14-32/h1-3,5-10,13-22,35,38,46,50H,4,11-12,23-31H2,(H2,45,53)(H,47,51)(H,48,52)/t35-,38-/m1/s1. The summed E-state index contributed by atoms with van der Waals surface area (Å²) in [5.41, 5.74) is 9.17. The second-order valence-electron chi connectivity index (χ2n) is 14.1. The smallest absolute Gasteiger partial charge is 0.248 e. The molecule has 2 heterocycles. The van der Waals surface area contributed by atoms with E-state index in [4.69, 9.17) is 10.5 Å². The van der Waals surface area contributed by atoms with Crippen LogP contribution in [-0.4, -0.2) is 66.1 Å². The molecule has 0 aliphatic carbocycles. The predicted octanol–water partition coefficient (Wildman–Crippen LogP) is 5.20. The van der Waals surface area contributed by atoms with Crippen LogP contribution in [0, 0.1) is 5.92 Å². The van der Waals surface area contributed by atoms with E-state index in [1.807, 2.05) is 97.1 Å². The molecule has 1 saturated heterocycles. The number of rotatable bonds is 19. The summed E-state index contributed by atoms with van der Waals surface area (Å²) in [6.07, 6.45) is 3.14. The van der Waals surface area contributed by atoms with Gasteiger partial charge in [-0.05, 0) is 72.7 Å². The molecule has 0 saturated carbocycles. The zero-order chi connectivity index (χ0) is 37.8. The van der Waals surface area contributed by atoms with E-state index in [1.54, 1.807) is 12.1 Å². The van der Waals surface area contributed by atoms with Crippen LogP contribution in [0.25, 0.3) is 10.9 Å². The Morgan fingerprint density at radius 3 is 2.22 bits per heavy atom. The lowest BCUT2D eigenvalue weighted by atomic mass is 9.64. The lowest BCUT2D eigenvalue weighted by Gasteiger charge is -2.37. The van der Waals surface area contributed by atoms with E-state index in [-0.39, 0.29) is 23.3 Å². The number of nitrogens with one attached hydrogen (secondary N) is 3. The summed E-state index contributed by atoms with van der Waals surface area (Å²) in [6, 6.07) is 36.3. The fourth-order valence-electron chi connectivity index (χ4n) is 7.79. The first-order valence-corrected chi connectivity index (χ1v) is 19.0. The number of unbranched alkanes of at least 4 members (excludes halogenated alkanes) is 2. The molecule has 1 aromatic heterocycles. The number of amides is 2. The molecule has 1 fully saturated rings. The third-order valence-corrected chi connectivity index (χ3v) is 10.6. The zero-order valence-electron chi connectivity index (χ0n) is 30.7. The number of hydrogen-bond donors (Lipinski definition) is 5. The minimum atomic E-state index is -0.938. The van der Waals surface area contributed by atoms with Gasteiger partial charge in [0.05, 0.1) is 11.6 Å². The number of likely N-dealkylation sites (tertiary alicyclic amines) is 1. The highest BCUT2D eigenvalue weighted by atomic mass is 16.5. The molecule has 1 aliphatic heterocycles. The third-order valence-electron chi connectivity index (χ3n) is 10.6. The van der Waals surface area contributed by atoms with Gasteiger partial charge in [-0.2, -0.15) is 0 Å². The number of nitrogens with zero attached hydrogens (tertiary/aromatic N) is 1. The number of nitrogens with two attached hydrogens (primary N) is 1. The molecule has 6 rings (SSSR count). The molecule has 54 heavy (non-hydrogen) atoms. The number of benzene rings is 4. The number of aromatic nitrogens is 1. The molecule has 0 radical (unpaired) electrons. The van der Waals surface area contributed by atoms with Crippen molar-refractivity contribution in [1.82, 2.24) is 20.5 Å². The van der Waals surface area contributed by atoms with Gasteiger partial charge in [0.15, 0.2) is 0 Å². The van der Waals surface area contributed by atoms with E-state index in [0.29, 0.717) is 56.0 Å². The normalized spacial score (nSPS) is 15.2. The number of aliphatic hydroxyl groups is 1. The summed E-state index contributed by atoms with van der Waals surface area (Å²) in [5, 5.41) is 18.2. The Morgan fingerprint density at radius 1 is 0.870 bits per heavy atom. The van der Waals surface area contributed by atoms with Crippen LogP contribution in [0.3, 0.4) is 0 Å². The van der Waals surface area contributed by atoms with Gasteiger partial charge >= 0.3 is 0 Å². The number of fused-ring (bicyclic) bond motifs is 1. The first-order chi connectivity index (χ1) is 26.4. The van der Waals surface area contributed by atoms with Crippen molar-refractivity contribution in [2.75, 3.05) is 39.3 Å². The first kappa shape index (κ1) is 38.4. The average Bonchev–Trinajstić information content (AvgIpc) is 3.67. The molecular formula is C44H51N5O5. The summed E-state index contributed by atoms with van der Waals surface area (Å²) in [4.78, 5) is 43.4. The second kappa shape index (κ2) is 18.6. The Morgan fingerprint density at radius 2 is 1.54 bits per heavy atom. The monoisotopic (exact) mass is 729 g/mol. The van der Waals surface area contributed by atoms with Gasteiger partial charge < -0.3 is 36.1 Å². The first-order valence-electron chi connectivity index (χ1n) is 19.0. The number of carbonyl (C=O) groups excluding carboxylic acids is 2. The molecule has 10 nitrogen and oxygen atoms in total. The van der Waals surface area contributed by atoms with Crippen molar-refractivity contribution >= 4 is 22.7 Å². The van der Waals surface area contributed by atoms with E-state index in [1.165, 1.54) is 6.07 Å². The molecule has 282 valence electrons. The fraction of sp³-hybridized carbons (Fsp3) is 0.341. The van der Waals surface area contributed by atoms with E-state index in [2.05, 4.69) is 20.5 Å². The summed E-state index contributed by atoms with van der Waals surface area (Å²) in [5.74, 6) is 0.227. The van der Waals surface area contributed by atoms with Gasteiger partial charge in [0.1, 0.15) is 17.8 Å². The van der Waals surface area contributed by atoms with Crippen molar-refractivity contribution in [1.29, 1.82) is 0 Å². The van der Waals surface area contributed by atoms with Crippen molar-refractivity contribution in [3.05, 3.63) is 148 Å². The van der Waals surface area contributed by atoms with Crippen LogP contribution in [0.4, 0.5) is 0 Å². The zero-order valence-corrected chi connectivity index (χ0v) is 30.7. The molecule has 0 bridgehead atoms. The second-order valence-corrected chi connectivity index (χ2v) is 14.1. The number of aromatic amines is 1. The number of primary amides is 1. The van der Waals surface area contributed by atoms with Crippen molar-refractivity contribution in [2.24, 2.45) is 11.7 Å². The number of hydrogen-bond acceptors (Lipinski definition) is 7. The number of carbonyl (C=O) groups is 2. The number of aliphatic hydroxyl groups excluding tert-OH is 1. The third kappa shape index (κ3) is 9.25. The summed E-state index contributed by atoms with van der Waals surface area (Å²) < 4.78 is 6.03. The lowest BCUT2D eigenvalue weighted by Crippen LogP contribution is -2.49. The van der Waals surface area contributed by atoms with Gasteiger partial charge in [0.25, 0.3) is 0 Å². The van der Waals surface area contributed by atoms with E-state index < -0.39 is 11.5 Å². The maximum Gasteiger partial charge on any atom is 0.248 e. The highest BCUT2D eigenvalue weighted by Gasteiger charge is 2.49. The number of pyridine rings is 1. The highest BCUT2D eigenvalue weighted by molar-refractivity contribution is 5.91. The van der Waals surface area contributed by atoms with Crippen LogP contribution in [0.1, 0.15) is 60.5 Å². The van der Waals surface area contributed by atoms with Gasteiger partial charge in [-0.3, -0.25) is 14.4 Å². The molecule has 4 aromatic carbocycles. The van der Waals surface area contributed by atoms with E-state index in [0.717, 1.165) is 60.8 Å². The molecule has 5 aromatic rings. The van der Waals surface area contributed by atoms with Gasteiger partial charge in [-0.15, -0.1) is 0 Å². The number of ether oxygens (including phenoxy) is 1. The van der Waals surface area contributed by atoms with Crippen LogP contribution in [0.2, 0.25) is 0 Å². The molecular weight excluding hydrogens is 679 g/mol. The quantitative estimate of drug-likeness (QED) is 0.0734. The van der Waals surface area contributed by atoms with Crippen LogP contribution < -0.4 is 26.7 Å². The maximum atomic E-state index is 13.3. The van der Waals surface area contributed by atoms with Gasteiger partial charge in [-0.25, -0.2) is 0 Å².